The fraction of sp³-hybridized carbons (Fsp3) is 0.512. The average Bonchev–Trinajstić information content (AvgIpc) is 3.13. The van der Waals surface area contributed by atoms with E-state index in [4.69, 9.17) is 14.2 Å². The van der Waals surface area contributed by atoms with Gasteiger partial charge in [0.05, 0.1) is 35.8 Å². The van der Waals surface area contributed by atoms with E-state index >= 15 is 0 Å². The number of hydrogen-bond donors (Lipinski definition) is 6. The second kappa shape index (κ2) is 17.7. The normalized spacial score (nSPS) is 33.8. The van der Waals surface area contributed by atoms with E-state index in [0.717, 1.165) is 0 Å². The molecule has 2 radical (unpaired) electrons. The number of carbonyl (C=O) groups excluding carboxylic acids is 4. The summed E-state index contributed by atoms with van der Waals surface area (Å²) in [5, 5.41) is 63.1. The summed E-state index contributed by atoms with van der Waals surface area (Å²) in [4.78, 5) is 55.5. The standard InChI is InChI=1S/C41H49NO12.2Ac/c1-21(2)17-25(42-35(47)23-13-9-7-10-14-23)30(44)37(49)53-26-19-41(51)34(54-36(48)24-15-11-8-12-16-24)32-39(6,27(43)18-28-40(32,50)20-52-28)33(46)31(45)29(22(26)3)38(41,4)5;;/h7-17,25-28,30-32,34,43-45,50-51H,18-20H2,1-6H3,(H,42,47);;/t25?,26?,27?,28?,30?,31?,32?,34?,39-,40?,41?;;/m1../s1. The summed E-state index contributed by atoms with van der Waals surface area (Å²) < 4.78 is 17.8. The van der Waals surface area contributed by atoms with Gasteiger partial charge in [-0.2, -0.15) is 0 Å². The van der Waals surface area contributed by atoms with Crippen LogP contribution >= 0.6 is 0 Å². The van der Waals surface area contributed by atoms with Crippen LogP contribution in [-0.2, 0) is 23.8 Å². The number of Topliss-reactive ketones (excluding diaryl/α,β-unsaturated/α-hetero) is 1. The summed E-state index contributed by atoms with van der Waals surface area (Å²) in [5.74, 6) is -5.03. The van der Waals surface area contributed by atoms with Crippen molar-refractivity contribution in [3.8, 4) is 0 Å². The van der Waals surface area contributed by atoms with Gasteiger partial charge in [-0.05, 0) is 63.1 Å². The molecule has 6 N–H and O–H groups in total. The predicted octanol–water partition coefficient (Wildman–Crippen LogP) is 2.19. The van der Waals surface area contributed by atoms with Crippen molar-refractivity contribution in [1.82, 2.24) is 5.32 Å². The Morgan fingerprint density at radius 2 is 1.50 bits per heavy atom. The molecule has 13 nitrogen and oxygen atoms in total. The van der Waals surface area contributed by atoms with Crippen LogP contribution in [0.1, 0.15) is 75.1 Å². The first kappa shape index (κ1) is 47.3. The average molecular weight is 1200 g/mol. The minimum absolute atomic E-state index is 0. The van der Waals surface area contributed by atoms with Gasteiger partial charge in [-0.25, -0.2) is 9.59 Å². The van der Waals surface area contributed by atoms with Crippen LogP contribution in [0.3, 0.4) is 0 Å². The molecule has 0 spiro atoms. The number of aliphatic hydroxyl groups excluding tert-OH is 3. The molecule has 6 rings (SSSR count). The molecule has 296 valence electrons. The molecule has 2 aromatic carbocycles. The van der Waals surface area contributed by atoms with Gasteiger partial charge < -0.3 is 45.1 Å². The van der Waals surface area contributed by atoms with Crippen LogP contribution in [0.4, 0.5) is 0 Å². The molecule has 1 heterocycles. The number of nitrogens with one attached hydrogen (secondary N) is 1. The van der Waals surface area contributed by atoms with E-state index in [0.29, 0.717) is 5.57 Å². The number of ketones is 1. The van der Waals surface area contributed by atoms with Crippen LogP contribution < -0.4 is 5.32 Å². The summed E-state index contributed by atoms with van der Waals surface area (Å²) in [5.41, 5.74) is -6.48. The van der Waals surface area contributed by atoms with Crippen LogP contribution in [0.5, 0.6) is 0 Å². The van der Waals surface area contributed by atoms with Crippen molar-refractivity contribution in [2.45, 2.75) is 108 Å². The summed E-state index contributed by atoms with van der Waals surface area (Å²) in [6.07, 6.45) is -8.66. The van der Waals surface area contributed by atoms with Gasteiger partial charge in [-0.3, -0.25) is 9.59 Å². The van der Waals surface area contributed by atoms with Crippen LogP contribution in [0.15, 0.2) is 83.5 Å². The molecule has 3 aliphatic carbocycles. The smallest absolute Gasteiger partial charge is 0.338 e. The predicted molar refractivity (Wildman–Crippen MR) is 193 cm³/mol. The fourth-order valence-electron chi connectivity index (χ4n) is 9.13. The van der Waals surface area contributed by atoms with E-state index in [1.807, 2.05) is 0 Å². The number of amides is 1. The number of carbonyl (C=O) groups is 4. The molecule has 3 fully saturated rings. The largest absolute Gasteiger partial charge is 0.456 e. The Hall–Kier alpha value is -1.36. The van der Waals surface area contributed by atoms with Crippen molar-refractivity contribution in [2.24, 2.45) is 16.7 Å². The van der Waals surface area contributed by atoms with Crippen molar-refractivity contribution in [1.29, 1.82) is 0 Å². The van der Waals surface area contributed by atoms with Gasteiger partial charge in [0.1, 0.15) is 29.5 Å². The van der Waals surface area contributed by atoms with Gasteiger partial charge >= 0.3 is 11.9 Å². The zero-order valence-electron chi connectivity index (χ0n) is 32.3. The zero-order chi connectivity index (χ0) is 39.5. The minimum atomic E-state index is -2.29. The number of rotatable bonds is 8. The van der Waals surface area contributed by atoms with Gasteiger partial charge in [0, 0.05) is 118 Å². The molecule has 2 bridgehead atoms. The third-order valence-electron chi connectivity index (χ3n) is 12.3. The van der Waals surface area contributed by atoms with E-state index in [2.05, 4.69) is 5.32 Å². The summed E-state index contributed by atoms with van der Waals surface area (Å²) >= 11 is 0. The summed E-state index contributed by atoms with van der Waals surface area (Å²) in [6.45, 7) is 9.16. The molecular formula is C41H49Ac2NO12. The van der Waals surface area contributed by atoms with Crippen molar-refractivity contribution in [2.75, 3.05) is 6.61 Å². The van der Waals surface area contributed by atoms with Crippen molar-refractivity contribution < 1.29 is 147 Å². The van der Waals surface area contributed by atoms with Gasteiger partial charge in [-0.1, -0.05) is 61.9 Å². The number of fused-ring (bicyclic) bond motifs is 5. The van der Waals surface area contributed by atoms with Crippen molar-refractivity contribution in [3.63, 3.8) is 0 Å². The van der Waals surface area contributed by atoms with Gasteiger partial charge in [0.2, 0.25) is 0 Å². The SMILES string of the molecule is CC(C)=CC(NC(=O)c1ccccc1)C(O)C(=O)OC1CC2(O)C(OC(=O)c3ccccc3)C3C4(O)COC4CC(O)[C@@]3(C)C(=O)C(O)C(=C1C)C2(C)C.[Ac].[Ac]. The van der Waals surface area contributed by atoms with E-state index in [1.165, 1.54) is 32.1 Å². The van der Waals surface area contributed by atoms with Crippen LogP contribution in [0.25, 0.3) is 0 Å². The van der Waals surface area contributed by atoms with Gasteiger partial charge in [0.25, 0.3) is 5.91 Å². The molecule has 56 heavy (non-hydrogen) atoms. The summed E-state index contributed by atoms with van der Waals surface area (Å²) in [7, 11) is 0. The Morgan fingerprint density at radius 1 is 0.929 bits per heavy atom. The van der Waals surface area contributed by atoms with Crippen molar-refractivity contribution >= 4 is 23.6 Å². The number of benzene rings is 2. The summed E-state index contributed by atoms with van der Waals surface area (Å²) in [6, 6.07) is 14.9. The molecule has 1 saturated heterocycles. The second-order valence-electron chi connectivity index (χ2n) is 16.1. The quantitative estimate of drug-likeness (QED) is 0.166. The molecular weight excluding hydrogens is 1150 g/mol. The first-order valence-electron chi connectivity index (χ1n) is 18.1. The number of hydrogen-bond acceptors (Lipinski definition) is 12. The zero-order valence-corrected chi connectivity index (χ0v) is 41.8. The Bertz CT molecular complexity index is 1880. The van der Waals surface area contributed by atoms with E-state index in [9.17, 15) is 44.7 Å². The van der Waals surface area contributed by atoms with Crippen LogP contribution in [0, 0.1) is 105 Å². The Kier molecular flexibility index (Phi) is 15.0. The van der Waals surface area contributed by atoms with E-state index < -0.39 is 101 Å². The maximum Gasteiger partial charge on any atom is 0.338 e. The number of aliphatic hydroxyl groups is 5. The first-order valence-corrected chi connectivity index (χ1v) is 18.1. The van der Waals surface area contributed by atoms with E-state index in [1.54, 1.807) is 76.2 Å². The van der Waals surface area contributed by atoms with E-state index in [-0.39, 0.29) is 123 Å². The maximum atomic E-state index is 14.7. The molecule has 2 aromatic rings. The fourth-order valence-corrected chi connectivity index (χ4v) is 9.13. The van der Waals surface area contributed by atoms with Crippen LogP contribution in [-0.4, -0.2) is 110 Å². The monoisotopic (exact) mass is 1200 g/mol. The molecule has 15 heteroatoms. The number of allylic oxidation sites excluding steroid dienone is 1. The Morgan fingerprint density at radius 3 is 2.04 bits per heavy atom. The minimum Gasteiger partial charge on any atom is -0.456 e. The second-order valence-corrected chi connectivity index (χ2v) is 16.1. The Labute approximate surface area is 397 Å². The van der Waals surface area contributed by atoms with Gasteiger partial charge in [-0.15, -0.1) is 0 Å². The molecule has 10 unspecified atom stereocenters. The topological polar surface area (TPSA) is 209 Å². The molecule has 1 amide bonds. The Balaban J connectivity index is 0.00000348. The van der Waals surface area contributed by atoms with Crippen LogP contribution in [0.2, 0.25) is 0 Å². The van der Waals surface area contributed by atoms with Gasteiger partial charge in [0.15, 0.2) is 11.9 Å². The number of ether oxygens (including phenoxy) is 3. The third kappa shape index (κ3) is 7.98. The van der Waals surface area contributed by atoms with Crippen molar-refractivity contribution in [3.05, 3.63) is 94.6 Å². The molecule has 4 aliphatic rings. The molecule has 1 aliphatic heterocycles. The maximum absolute atomic E-state index is 14.7. The number of esters is 2. The molecule has 2 saturated carbocycles. The molecule has 11 atom stereocenters. The molecule has 0 aromatic heterocycles. The first-order chi connectivity index (χ1) is 25.3. The third-order valence-corrected chi connectivity index (χ3v) is 12.3.